The summed E-state index contributed by atoms with van der Waals surface area (Å²) in [5.41, 5.74) is 2.31. The summed E-state index contributed by atoms with van der Waals surface area (Å²) in [6, 6.07) is 20.2. The summed E-state index contributed by atoms with van der Waals surface area (Å²) < 4.78 is 0. The molecule has 0 bridgehead atoms. The second-order valence-electron chi connectivity index (χ2n) is 7.72. The molecule has 2 heterocycles. The van der Waals surface area contributed by atoms with Crippen LogP contribution in [0.2, 0.25) is 0 Å². The Morgan fingerprint density at radius 2 is 1.55 bits per heavy atom. The number of anilines is 2. The molecule has 3 aromatic rings. The molecule has 1 aromatic heterocycles. The monoisotopic (exact) mass is 418 g/mol. The van der Waals surface area contributed by atoms with Gasteiger partial charge in [-0.25, -0.2) is 9.97 Å². The molecule has 0 aliphatic carbocycles. The fraction of sp³-hybridized carbons (Fsp3) is 0.304. The fourth-order valence-corrected chi connectivity index (χ4v) is 3.93. The van der Waals surface area contributed by atoms with Gasteiger partial charge < -0.3 is 9.80 Å². The molecule has 1 saturated heterocycles. The maximum absolute atomic E-state index is 12.0. The van der Waals surface area contributed by atoms with Gasteiger partial charge in [0, 0.05) is 46.3 Å². The smallest absolute Gasteiger partial charge is 0.349 e. The van der Waals surface area contributed by atoms with Gasteiger partial charge in [-0.05, 0) is 11.1 Å². The van der Waals surface area contributed by atoms with Crippen molar-refractivity contribution < 1.29 is 4.92 Å². The number of benzene rings is 2. The highest BCUT2D eigenvalue weighted by molar-refractivity contribution is 5.71. The van der Waals surface area contributed by atoms with Crippen LogP contribution < -0.4 is 9.80 Å². The van der Waals surface area contributed by atoms with Gasteiger partial charge in [0.2, 0.25) is 11.6 Å². The zero-order valence-corrected chi connectivity index (χ0v) is 17.6. The summed E-state index contributed by atoms with van der Waals surface area (Å²) in [6.07, 6.45) is 1.43. The van der Waals surface area contributed by atoms with Crippen LogP contribution in [0.25, 0.3) is 0 Å². The van der Waals surface area contributed by atoms with Crippen molar-refractivity contribution in [1.82, 2.24) is 14.9 Å². The van der Waals surface area contributed by atoms with Gasteiger partial charge in [-0.1, -0.05) is 60.7 Å². The lowest BCUT2D eigenvalue weighted by Gasteiger charge is -2.35. The topological polar surface area (TPSA) is 78.6 Å². The number of hydrogen-bond acceptors (Lipinski definition) is 7. The van der Waals surface area contributed by atoms with Crippen molar-refractivity contribution in [2.75, 3.05) is 43.0 Å². The third kappa shape index (κ3) is 4.97. The largest absolute Gasteiger partial charge is 0.353 e. The first-order chi connectivity index (χ1) is 15.1. The highest BCUT2D eigenvalue weighted by Gasteiger charge is 2.30. The fourth-order valence-electron chi connectivity index (χ4n) is 3.93. The van der Waals surface area contributed by atoms with Gasteiger partial charge in [0.1, 0.15) is 6.33 Å². The minimum Gasteiger partial charge on any atom is -0.349 e. The number of hydrogen-bond donors (Lipinski definition) is 0. The Balaban J connectivity index is 1.50. The Bertz CT molecular complexity index is 1010. The average Bonchev–Trinajstić information content (AvgIpc) is 2.80. The van der Waals surface area contributed by atoms with Crippen LogP contribution in [0.4, 0.5) is 17.3 Å². The van der Waals surface area contributed by atoms with Crippen LogP contribution in [0.3, 0.4) is 0 Å². The number of rotatable bonds is 7. The molecular formula is C23H26N6O2. The summed E-state index contributed by atoms with van der Waals surface area (Å²) in [5, 5.41) is 12.0. The van der Waals surface area contributed by atoms with Gasteiger partial charge in [-0.3, -0.25) is 15.0 Å². The maximum Gasteiger partial charge on any atom is 0.353 e. The van der Waals surface area contributed by atoms with Gasteiger partial charge in [0.05, 0.1) is 4.92 Å². The van der Waals surface area contributed by atoms with E-state index < -0.39 is 0 Å². The number of aromatic nitrogens is 2. The molecular weight excluding hydrogens is 392 g/mol. The van der Waals surface area contributed by atoms with E-state index in [9.17, 15) is 10.1 Å². The normalized spacial score (nSPS) is 14.4. The van der Waals surface area contributed by atoms with Crippen LogP contribution in [0.15, 0.2) is 67.0 Å². The van der Waals surface area contributed by atoms with E-state index >= 15 is 0 Å². The lowest BCUT2D eigenvalue weighted by Crippen LogP contribution is -2.46. The van der Waals surface area contributed by atoms with Crippen molar-refractivity contribution >= 4 is 17.3 Å². The first-order valence-corrected chi connectivity index (χ1v) is 10.4. The first kappa shape index (κ1) is 20.7. The molecule has 0 unspecified atom stereocenters. The van der Waals surface area contributed by atoms with Crippen molar-refractivity contribution in [1.29, 1.82) is 0 Å². The van der Waals surface area contributed by atoms with Crippen LogP contribution in [-0.4, -0.2) is 53.0 Å². The molecule has 0 atom stereocenters. The van der Waals surface area contributed by atoms with Crippen molar-refractivity contribution in [2.24, 2.45) is 0 Å². The second-order valence-corrected chi connectivity index (χ2v) is 7.72. The molecule has 160 valence electrons. The number of nitrogens with zero attached hydrogens (tertiary/aromatic N) is 6. The molecule has 1 fully saturated rings. The highest BCUT2D eigenvalue weighted by Crippen LogP contribution is 2.34. The minimum absolute atomic E-state index is 0.0301. The molecule has 0 spiro atoms. The lowest BCUT2D eigenvalue weighted by atomic mass is 10.2. The molecule has 0 amide bonds. The van der Waals surface area contributed by atoms with E-state index in [1.165, 1.54) is 11.9 Å². The number of nitro groups is 1. The van der Waals surface area contributed by atoms with Crippen LogP contribution in [-0.2, 0) is 13.1 Å². The summed E-state index contributed by atoms with van der Waals surface area (Å²) in [6.45, 7) is 4.43. The van der Waals surface area contributed by atoms with Crippen LogP contribution in [0, 0.1) is 10.1 Å². The Kier molecular flexibility index (Phi) is 6.37. The molecule has 0 saturated carbocycles. The third-order valence-corrected chi connectivity index (χ3v) is 5.51. The Morgan fingerprint density at radius 3 is 2.16 bits per heavy atom. The zero-order valence-electron chi connectivity index (χ0n) is 17.6. The van der Waals surface area contributed by atoms with E-state index in [0.717, 1.165) is 25.2 Å². The van der Waals surface area contributed by atoms with Crippen molar-refractivity contribution in [2.45, 2.75) is 13.1 Å². The molecule has 31 heavy (non-hydrogen) atoms. The molecule has 0 radical (unpaired) electrons. The Morgan fingerprint density at radius 1 is 0.935 bits per heavy atom. The number of piperazine rings is 1. The predicted molar refractivity (Wildman–Crippen MR) is 121 cm³/mol. The van der Waals surface area contributed by atoms with E-state index in [0.29, 0.717) is 31.3 Å². The Labute approximate surface area is 181 Å². The molecule has 8 nitrogen and oxygen atoms in total. The van der Waals surface area contributed by atoms with Gasteiger partial charge in [-0.15, -0.1) is 0 Å². The van der Waals surface area contributed by atoms with Crippen LogP contribution >= 0.6 is 0 Å². The summed E-state index contributed by atoms with van der Waals surface area (Å²) >= 11 is 0. The lowest BCUT2D eigenvalue weighted by molar-refractivity contribution is -0.383. The Hall–Kier alpha value is -3.52. The van der Waals surface area contributed by atoms with E-state index in [1.807, 2.05) is 65.4 Å². The first-order valence-electron chi connectivity index (χ1n) is 10.4. The van der Waals surface area contributed by atoms with Crippen molar-refractivity contribution in [3.8, 4) is 0 Å². The van der Waals surface area contributed by atoms with E-state index in [2.05, 4.69) is 27.0 Å². The van der Waals surface area contributed by atoms with E-state index in [4.69, 9.17) is 0 Å². The molecule has 8 heteroatoms. The minimum atomic E-state index is -0.359. The zero-order chi connectivity index (χ0) is 21.6. The molecule has 1 aliphatic rings. The SMILES string of the molecule is CN(Cc1ccccc1)c1ncnc(N2CCN(Cc3ccccc3)CC2)c1[N+](=O)[O-]. The highest BCUT2D eigenvalue weighted by atomic mass is 16.6. The predicted octanol–water partition coefficient (Wildman–Crippen LogP) is 3.34. The van der Waals surface area contributed by atoms with Gasteiger partial charge in [0.15, 0.2) is 0 Å². The van der Waals surface area contributed by atoms with Crippen LogP contribution in [0.1, 0.15) is 11.1 Å². The maximum atomic E-state index is 12.0. The van der Waals surface area contributed by atoms with E-state index in [1.54, 1.807) is 0 Å². The second kappa shape index (κ2) is 9.53. The summed E-state index contributed by atoms with van der Waals surface area (Å²) in [7, 11) is 1.82. The standard InChI is InChI=1S/C23H26N6O2/c1-26(16-19-8-4-2-5-9-19)22-21(29(30)31)23(25-18-24-22)28-14-12-27(13-15-28)17-20-10-6-3-7-11-20/h2-11,18H,12-17H2,1H3. The average molecular weight is 419 g/mol. The molecule has 0 N–H and O–H groups in total. The molecule has 2 aromatic carbocycles. The van der Waals surface area contributed by atoms with Gasteiger partial charge in [-0.2, -0.15) is 0 Å². The van der Waals surface area contributed by atoms with Crippen molar-refractivity contribution in [3.63, 3.8) is 0 Å². The van der Waals surface area contributed by atoms with E-state index in [-0.39, 0.29) is 10.6 Å². The molecule has 1 aliphatic heterocycles. The van der Waals surface area contributed by atoms with Crippen LogP contribution in [0.5, 0.6) is 0 Å². The van der Waals surface area contributed by atoms with Crippen molar-refractivity contribution in [3.05, 3.63) is 88.2 Å². The van der Waals surface area contributed by atoms with Gasteiger partial charge >= 0.3 is 5.69 Å². The third-order valence-electron chi connectivity index (χ3n) is 5.51. The molecule has 4 rings (SSSR count). The summed E-state index contributed by atoms with van der Waals surface area (Å²) in [4.78, 5) is 26.4. The van der Waals surface area contributed by atoms with Gasteiger partial charge in [0.25, 0.3) is 0 Å². The summed E-state index contributed by atoms with van der Waals surface area (Å²) in [5.74, 6) is 0.736. The quantitative estimate of drug-likeness (QED) is 0.430.